The second-order valence-electron chi connectivity index (χ2n) is 4.94. The minimum atomic E-state index is -0.644. The Bertz CT molecular complexity index is 181. The van der Waals surface area contributed by atoms with Crippen LogP contribution in [0.5, 0.6) is 0 Å². The van der Waals surface area contributed by atoms with Crippen molar-refractivity contribution in [3.05, 3.63) is 0 Å². The summed E-state index contributed by atoms with van der Waals surface area (Å²) in [6, 6.07) is 0. The quantitative estimate of drug-likeness (QED) is 0.752. The van der Waals surface area contributed by atoms with E-state index in [1.54, 1.807) is 0 Å². The molecule has 2 nitrogen and oxygen atoms in total. The molecule has 0 aliphatic heterocycles. The fourth-order valence-corrected chi connectivity index (χ4v) is 2.23. The van der Waals surface area contributed by atoms with Crippen LogP contribution in [0.2, 0.25) is 0 Å². The van der Waals surface area contributed by atoms with Crippen LogP contribution < -0.4 is 0 Å². The van der Waals surface area contributed by atoms with Gasteiger partial charge in [-0.15, -0.1) is 0 Å². The zero-order chi connectivity index (χ0) is 10.6. The van der Waals surface area contributed by atoms with Crippen LogP contribution in [0.3, 0.4) is 0 Å². The lowest BCUT2D eigenvalue weighted by atomic mass is 9.80. The molecule has 0 aromatic carbocycles. The molecule has 1 aliphatic carbocycles. The van der Waals surface area contributed by atoms with Crippen LogP contribution in [0.4, 0.5) is 0 Å². The zero-order valence-electron chi connectivity index (χ0n) is 9.33. The van der Waals surface area contributed by atoms with Crippen molar-refractivity contribution in [2.45, 2.75) is 52.4 Å². The maximum atomic E-state index is 10.6. The van der Waals surface area contributed by atoms with Gasteiger partial charge in [-0.2, -0.15) is 0 Å². The smallest absolute Gasteiger partial charge is 0.306 e. The second-order valence-corrected chi connectivity index (χ2v) is 4.94. The van der Waals surface area contributed by atoms with E-state index in [2.05, 4.69) is 6.92 Å². The molecule has 0 radical (unpaired) electrons. The van der Waals surface area contributed by atoms with Gasteiger partial charge >= 0.3 is 5.97 Å². The molecular formula is C12H22O2. The van der Waals surface area contributed by atoms with Crippen LogP contribution in [-0.2, 0) is 4.79 Å². The predicted molar refractivity (Wildman–Crippen MR) is 57.2 cm³/mol. The van der Waals surface area contributed by atoms with Crippen molar-refractivity contribution < 1.29 is 9.90 Å². The Labute approximate surface area is 86.7 Å². The van der Waals surface area contributed by atoms with Gasteiger partial charge in [-0.25, -0.2) is 0 Å². The molecule has 0 aromatic rings. The highest BCUT2D eigenvalue weighted by Crippen LogP contribution is 2.31. The molecule has 1 aliphatic rings. The number of carboxylic acid groups (broad SMARTS) is 1. The van der Waals surface area contributed by atoms with E-state index in [9.17, 15) is 4.79 Å². The number of carbonyl (C=O) groups is 1. The number of hydrogen-bond acceptors (Lipinski definition) is 1. The molecule has 0 spiro atoms. The fourth-order valence-electron chi connectivity index (χ4n) is 2.23. The molecule has 0 amide bonds. The van der Waals surface area contributed by atoms with Gasteiger partial charge in [0, 0.05) is 0 Å². The monoisotopic (exact) mass is 198 g/mol. The normalized spacial score (nSPS) is 29.9. The van der Waals surface area contributed by atoms with Crippen molar-refractivity contribution in [1.82, 2.24) is 0 Å². The van der Waals surface area contributed by atoms with Gasteiger partial charge in [0.25, 0.3) is 0 Å². The van der Waals surface area contributed by atoms with Crippen molar-refractivity contribution in [3.8, 4) is 0 Å². The van der Waals surface area contributed by atoms with E-state index in [1.165, 1.54) is 25.7 Å². The molecule has 1 N–H and O–H groups in total. The van der Waals surface area contributed by atoms with E-state index in [4.69, 9.17) is 5.11 Å². The van der Waals surface area contributed by atoms with Crippen molar-refractivity contribution in [1.29, 1.82) is 0 Å². The van der Waals surface area contributed by atoms with Crippen LogP contribution in [0.1, 0.15) is 52.4 Å². The molecule has 2 heteroatoms. The fraction of sp³-hybridized carbons (Fsp3) is 0.917. The Morgan fingerprint density at radius 2 is 1.93 bits per heavy atom. The molecule has 1 unspecified atom stereocenters. The molecular weight excluding hydrogens is 176 g/mol. The molecule has 1 atom stereocenters. The van der Waals surface area contributed by atoms with Gasteiger partial charge in [0.1, 0.15) is 0 Å². The van der Waals surface area contributed by atoms with Gasteiger partial charge < -0.3 is 5.11 Å². The Morgan fingerprint density at radius 1 is 1.36 bits per heavy atom. The number of hydrogen-bond donors (Lipinski definition) is 1. The summed E-state index contributed by atoms with van der Waals surface area (Å²) < 4.78 is 0. The molecule has 1 rings (SSSR count). The minimum Gasteiger partial charge on any atom is -0.481 e. The van der Waals surface area contributed by atoms with E-state index in [0.29, 0.717) is 0 Å². The molecule has 0 saturated heterocycles. The van der Waals surface area contributed by atoms with Crippen molar-refractivity contribution in [3.63, 3.8) is 0 Å². The number of rotatable bonds is 4. The second kappa shape index (κ2) is 5.38. The first-order valence-electron chi connectivity index (χ1n) is 5.82. The summed E-state index contributed by atoms with van der Waals surface area (Å²) in [5.41, 5.74) is 0. The highest BCUT2D eigenvalue weighted by Gasteiger charge is 2.20. The highest BCUT2D eigenvalue weighted by atomic mass is 16.4. The van der Waals surface area contributed by atoms with Gasteiger partial charge in [-0.3, -0.25) is 4.79 Å². The lowest BCUT2D eigenvalue weighted by Crippen LogP contribution is -2.15. The number of aliphatic carboxylic acids is 1. The summed E-state index contributed by atoms with van der Waals surface area (Å²) in [7, 11) is 0. The van der Waals surface area contributed by atoms with Crippen molar-refractivity contribution in [2.75, 3.05) is 0 Å². The molecule has 0 aromatic heterocycles. The average Bonchev–Trinajstić information content (AvgIpc) is 2.16. The molecule has 1 fully saturated rings. The summed E-state index contributed by atoms with van der Waals surface area (Å²) in [5, 5.41) is 8.75. The SMILES string of the molecule is CC1CCC(CCC(C)C(=O)O)CC1. The van der Waals surface area contributed by atoms with Gasteiger partial charge in [0.05, 0.1) is 5.92 Å². The first kappa shape index (κ1) is 11.5. The molecule has 82 valence electrons. The number of carboxylic acids is 1. The van der Waals surface area contributed by atoms with Gasteiger partial charge in [-0.1, -0.05) is 39.5 Å². The lowest BCUT2D eigenvalue weighted by molar-refractivity contribution is -0.141. The molecule has 0 bridgehead atoms. The van der Waals surface area contributed by atoms with Gasteiger partial charge in [0.15, 0.2) is 0 Å². The van der Waals surface area contributed by atoms with Crippen LogP contribution in [0.15, 0.2) is 0 Å². The van der Waals surface area contributed by atoms with Crippen LogP contribution in [0, 0.1) is 17.8 Å². The zero-order valence-corrected chi connectivity index (χ0v) is 9.33. The summed E-state index contributed by atoms with van der Waals surface area (Å²) in [6.45, 7) is 4.13. The molecule has 14 heavy (non-hydrogen) atoms. The first-order valence-corrected chi connectivity index (χ1v) is 5.82. The standard InChI is InChI=1S/C12H22O2/c1-9-3-6-11(7-4-9)8-5-10(2)12(13)14/h9-11H,3-8H2,1-2H3,(H,13,14). The van der Waals surface area contributed by atoms with Crippen molar-refractivity contribution >= 4 is 5.97 Å². The summed E-state index contributed by atoms with van der Waals surface area (Å²) in [5.74, 6) is 0.889. The maximum absolute atomic E-state index is 10.6. The van der Waals surface area contributed by atoms with E-state index >= 15 is 0 Å². The average molecular weight is 198 g/mol. The topological polar surface area (TPSA) is 37.3 Å². The van der Waals surface area contributed by atoms with Crippen LogP contribution >= 0.6 is 0 Å². The van der Waals surface area contributed by atoms with Crippen LogP contribution in [0.25, 0.3) is 0 Å². The summed E-state index contributed by atoms with van der Waals surface area (Å²) >= 11 is 0. The Balaban J connectivity index is 2.16. The highest BCUT2D eigenvalue weighted by molar-refractivity contribution is 5.69. The lowest BCUT2D eigenvalue weighted by Gasteiger charge is -2.26. The Kier molecular flexibility index (Phi) is 4.43. The van der Waals surface area contributed by atoms with E-state index in [1.807, 2.05) is 6.92 Å². The van der Waals surface area contributed by atoms with Gasteiger partial charge in [-0.05, 0) is 24.7 Å². The first-order chi connectivity index (χ1) is 6.59. The molecule has 1 saturated carbocycles. The van der Waals surface area contributed by atoms with Crippen molar-refractivity contribution in [2.24, 2.45) is 17.8 Å². The van der Waals surface area contributed by atoms with Gasteiger partial charge in [0.2, 0.25) is 0 Å². The Hall–Kier alpha value is -0.530. The minimum absolute atomic E-state index is 0.158. The largest absolute Gasteiger partial charge is 0.481 e. The summed E-state index contributed by atoms with van der Waals surface area (Å²) in [4.78, 5) is 10.6. The molecule has 0 heterocycles. The van der Waals surface area contributed by atoms with E-state index < -0.39 is 5.97 Å². The third-order valence-electron chi connectivity index (χ3n) is 3.56. The third-order valence-corrected chi connectivity index (χ3v) is 3.56. The van der Waals surface area contributed by atoms with Crippen LogP contribution in [-0.4, -0.2) is 11.1 Å². The Morgan fingerprint density at radius 3 is 2.43 bits per heavy atom. The maximum Gasteiger partial charge on any atom is 0.306 e. The predicted octanol–water partition coefficient (Wildman–Crippen LogP) is 3.31. The van der Waals surface area contributed by atoms with E-state index in [0.717, 1.165) is 24.7 Å². The summed E-state index contributed by atoms with van der Waals surface area (Å²) in [6.07, 6.45) is 7.27. The van der Waals surface area contributed by atoms with E-state index in [-0.39, 0.29) is 5.92 Å². The third kappa shape index (κ3) is 3.69.